The summed E-state index contributed by atoms with van der Waals surface area (Å²) in [6.45, 7) is 5.31. The highest BCUT2D eigenvalue weighted by Crippen LogP contribution is 2.24. The van der Waals surface area contributed by atoms with E-state index in [9.17, 15) is 9.59 Å². The van der Waals surface area contributed by atoms with Crippen molar-refractivity contribution in [3.05, 3.63) is 65.7 Å². The van der Waals surface area contributed by atoms with Crippen LogP contribution < -0.4 is 5.32 Å². The summed E-state index contributed by atoms with van der Waals surface area (Å²) in [4.78, 5) is 31.3. The van der Waals surface area contributed by atoms with E-state index in [0.717, 1.165) is 30.4 Å². The van der Waals surface area contributed by atoms with E-state index in [2.05, 4.69) is 10.3 Å². The normalized spacial score (nSPS) is 18.3. The maximum Gasteiger partial charge on any atom is 0.412 e. The van der Waals surface area contributed by atoms with Crippen molar-refractivity contribution in [1.29, 1.82) is 0 Å². The molecule has 0 aliphatic carbocycles. The summed E-state index contributed by atoms with van der Waals surface area (Å²) in [6.07, 6.45) is 1.31. The molecule has 0 spiro atoms. The number of carbonyl (C=O) groups is 2. The zero-order chi connectivity index (χ0) is 20.6. The Bertz CT molecular complexity index is 874. The molecule has 1 fully saturated rings. The molecule has 2 aliphatic heterocycles. The first kappa shape index (κ1) is 20.6. The van der Waals surface area contributed by atoms with Gasteiger partial charge in [0.2, 0.25) is 0 Å². The average molecular weight is 393 g/mol. The lowest BCUT2D eigenvalue weighted by atomic mass is 10.0. The van der Waals surface area contributed by atoms with E-state index in [1.54, 1.807) is 4.90 Å². The topological polar surface area (TPSA) is 71.0 Å². The van der Waals surface area contributed by atoms with E-state index in [0.29, 0.717) is 24.5 Å². The van der Waals surface area contributed by atoms with Crippen molar-refractivity contribution in [2.45, 2.75) is 39.3 Å². The van der Waals surface area contributed by atoms with Crippen molar-refractivity contribution >= 4 is 23.4 Å². The SMILES string of the molecule is CC.O=C1Nc2ccccc2C(c2ccccc2)=NC1OC(=O)N1CCCCC1. The molecule has 0 radical (unpaired) electrons. The molecule has 1 N–H and O–H groups in total. The van der Waals surface area contributed by atoms with Gasteiger partial charge >= 0.3 is 6.09 Å². The van der Waals surface area contributed by atoms with Crippen LogP contribution in [0.3, 0.4) is 0 Å². The molecule has 6 nitrogen and oxygen atoms in total. The van der Waals surface area contributed by atoms with Gasteiger partial charge in [0.1, 0.15) is 0 Å². The Balaban J connectivity index is 0.00000117. The van der Waals surface area contributed by atoms with Gasteiger partial charge in [-0.3, -0.25) is 4.79 Å². The number of nitrogens with zero attached hydrogens (tertiary/aromatic N) is 2. The van der Waals surface area contributed by atoms with Crippen molar-refractivity contribution in [3.63, 3.8) is 0 Å². The molecule has 0 saturated carbocycles. The first-order valence-corrected chi connectivity index (χ1v) is 10.2. The fourth-order valence-electron chi connectivity index (χ4n) is 3.39. The van der Waals surface area contributed by atoms with Gasteiger partial charge in [-0.2, -0.15) is 0 Å². The Morgan fingerprint density at radius 3 is 2.38 bits per heavy atom. The number of hydrogen-bond acceptors (Lipinski definition) is 4. The molecule has 1 unspecified atom stereocenters. The standard InChI is InChI=1S/C21H21N3O3.C2H6/c25-19-20(27-21(26)24-13-7-2-8-14-24)23-18(15-9-3-1-4-10-15)16-11-5-6-12-17(16)22-19;1-2/h1,3-6,9-12,20H,2,7-8,13-14H2,(H,22,25);1-2H3. The van der Waals surface area contributed by atoms with Crippen LogP contribution in [0.5, 0.6) is 0 Å². The molecule has 2 amide bonds. The number of para-hydroxylation sites is 1. The number of carbonyl (C=O) groups excluding carboxylic acids is 2. The van der Waals surface area contributed by atoms with Crippen molar-refractivity contribution < 1.29 is 14.3 Å². The Kier molecular flexibility index (Phi) is 7.00. The minimum atomic E-state index is -1.22. The van der Waals surface area contributed by atoms with Crippen molar-refractivity contribution in [2.24, 2.45) is 4.99 Å². The lowest BCUT2D eigenvalue weighted by Crippen LogP contribution is -2.40. The number of nitrogens with one attached hydrogen (secondary N) is 1. The van der Waals surface area contributed by atoms with Crippen LogP contribution in [0.1, 0.15) is 44.2 Å². The number of hydrogen-bond donors (Lipinski definition) is 1. The average Bonchev–Trinajstić information content (AvgIpc) is 2.93. The minimum Gasteiger partial charge on any atom is -0.414 e. The van der Waals surface area contributed by atoms with Gasteiger partial charge < -0.3 is 15.0 Å². The van der Waals surface area contributed by atoms with Gasteiger partial charge in [-0.15, -0.1) is 0 Å². The minimum absolute atomic E-state index is 0.446. The van der Waals surface area contributed by atoms with Crippen LogP contribution >= 0.6 is 0 Å². The zero-order valence-corrected chi connectivity index (χ0v) is 16.9. The van der Waals surface area contributed by atoms with Crippen LogP contribution in [0.4, 0.5) is 10.5 Å². The molecule has 2 aliphatic rings. The van der Waals surface area contributed by atoms with E-state index >= 15 is 0 Å². The van der Waals surface area contributed by atoms with Crippen LogP contribution in [0.25, 0.3) is 0 Å². The second-order valence-electron chi connectivity index (χ2n) is 6.66. The summed E-state index contributed by atoms with van der Waals surface area (Å²) in [5.74, 6) is -0.446. The predicted molar refractivity (Wildman–Crippen MR) is 114 cm³/mol. The summed E-state index contributed by atoms with van der Waals surface area (Å²) in [7, 11) is 0. The molecule has 1 atom stereocenters. The first-order chi connectivity index (χ1) is 14.2. The van der Waals surface area contributed by atoms with Crippen LogP contribution in [0.2, 0.25) is 0 Å². The van der Waals surface area contributed by atoms with Gasteiger partial charge in [0.05, 0.1) is 11.4 Å². The number of benzodiazepines with no additional fused rings is 1. The van der Waals surface area contributed by atoms with Crippen LogP contribution in [0, 0.1) is 0 Å². The lowest BCUT2D eigenvalue weighted by Gasteiger charge is -2.26. The molecule has 2 aromatic carbocycles. The third kappa shape index (κ3) is 4.83. The highest BCUT2D eigenvalue weighted by atomic mass is 16.6. The third-order valence-corrected chi connectivity index (χ3v) is 4.78. The molecule has 2 heterocycles. The highest BCUT2D eigenvalue weighted by Gasteiger charge is 2.30. The third-order valence-electron chi connectivity index (χ3n) is 4.78. The molecule has 2 aromatic rings. The summed E-state index contributed by atoms with van der Waals surface area (Å²) in [6, 6.07) is 17.1. The first-order valence-electron chi connectivity index (χ1n) is 10.2. The van der Waals surface area contributed by atoms with E-state index < -0.39 is 18.2 Å². The second-order valence-corrected chi connectivity index (χ2v) is 6.66. The van der Waals surface area contributed by atoms with Gasteiger partial charge in [-0.25, -0.2) is 9.79 Å². The summed E-state index contributed by atoms with van der Waals surface area (Å²) < 4.78 is 5.49. The molecule has 0 bridgehead atoms. The number of aliphatic imine (C=N–C) groups is 1. The largest absolute Gasteiger partial charge is 0.414 e. The van der Waals surface area contributed by atoms with Crippen LogP contribution in [0.15, 0.2) is 59.6 Å². The fourth-order valence-corrected chi connectivity index (χ4v) is 3.39. The molecule has 0 aromatic heterocycles. The highest BCUT2D eigenvalue weighted by molar-refractivity contribution is 6.19. The quantitative estimate of drug-likeness (QED) is 0.819. The van der Waals surface area contributed by atoms with Gasteiger partial charge in [0.25, 0.3) is 12.1 Å². The van der Waals surface area contributed by atoms with E-state index in [1.165, 1.54) is 0 Å². The van der Waals surface area contributed by atoms with E-state index in [1.807, 2.05) is 68.4 Å². The Labute approximate surface area is 171 Å². The summed E-state index contributed by atoms with van der Waals surface area (Å²) in [5.41, 5.74) is 2.94. The number of piperidine rings is 1. The molecular weight excluding hydrogens is 366 g/mol. The number of amides is 2. The van der Waals surface area contributed by atoms with E-state index in [4.69, 9.17) is 4.74 Å². The second kappa shape index (κ2) is 9.87. The lowest BCUT2D eigenvalue weighted by molar-refractivity contribution is -0.124. The maximum absolute atomic E-state index is 12.7. The number of benzene rings is 2. The van der Waals surface area contributed by atoms with E-state index in [-0.39, 0.29) is 0 Å². The van der Waals surface area contributed by atoms with Gasteiger partial charge in [-0.05, 0) is 25.3 Å². The van der Waals surface area contributed by atoms with Crippen molar-refractivity contribution in [2.75, 3.05) is 18.4 Å². The Hall–Kier alpha value is -3.15. The van der Waals surface area contributed by atoms with Crippen LogP contribution in [-0.2, 0) is 9.53 Å². The van der Waals surface area contributed by atoms with Crippen molar-refractivity contribution in [1.82, 2.24) is 4.90 Å². The summed E-state index contributed by atoms with van der Waals surface area (Å²) >= 11 is 0. The molecule has 4 rings (SSSR count). The molecule has 152 valence electrons. The van der Waals surface area contributed by atoms with Gasteiger partial charge in [0, 0.05) is 24.2 Å². The summed E-state index contributed by atoms with van der Waals surface area (Å²) in [5, 5.41) is 2.83. The van der Waals surface area contributed by atoms with Gasteiger partial charge in [-0.1, -0.05) is 62.4 Å². The number of rotatable bonds is 2. The molecule has 6 heteroatoms. The number of ether oxygens (including phenoxy) is 1. The van der Waals surface area contributed by atoms with Crippen LogP contribution in [-0.4, -0.2) is 41.9 Å². The molecule has 1 saturated heterocycles. The molecular formula is C23H27N3O3. The van der Waals surface area contributed by atoms with Crippen molar-refractivity contribution in [3.8, 4) is 0 Å². The number of likely N-dealkylation sites (tertiary alicyclic amines) is 1. The number of fused-ring (bicyclic) bond motifs is 1. The van der Waals surface area contributed by atoms with Gasteiger partial charge in [0.15, 0.2) is 0 Å². The maximum atomic E-state index is 12.7. The Morgan fingerprint density at radius 1 is 1.00 bits per heavy atom. The monoisotopic (exact) mass is 393 g/mol. The smallest absolute Gasteiger partial charge is 0.412 e. The number of anilines is 1. The predicted octanol–water partition coefficient (Wildman–Crippen LogP) is 4.45. The Morgan fingerprint density at radius 2 is 1.66 bits per heavy atom. The zero-order valence-electron chi connectivity index (χ0n) is 16.9. The fraction of sp³-hybridized carbons (Fsp3) is 0.348. The molecule has 29 heavy (non-hydrogen) atoms.